The fourth-order valence-corrected chi connectivity index (χ4v) is 5.80. The van der Waals surface area contributed by atoms with Crippen LogP contribution in [0.2, 0.25) is 0 Å². The Kier molecular flexibility index (Phi) is 7.15. The van der Waals surface area contributed by atoms with Crippen LogP contribution in [-0.2, 0) is 12.8 Å². The second-order valence-corrected chi connectivity index (χ2v) is 10.7. The maximum absolute atomic E-state index is 2.42. The summed E-state index contributed by atoms with van der Waals surface area (Å²) in [5.74, 6) is 0. The molecule has 1 aliphatic carbocycles. The molecule has 6 rings (SSSR count). The summed E-state index contributed by atoms with van der Waals surface area (Å²) in [6.07, 6.45) is 7.26. The van der Waals surface area contributed by atoms with Crippen LogP contribution >= 0.6 is 0 Å². The fraction of sp³-hybridized carbons (Fsp3) is 0.158. The third kappa shape index (κ3) is 5.45. The second-order valence-electron chi connectivity index (χ2n) is 10.7. The van der Waals surface area contributed by atoms with E-state index in [9.17, 15) is 0 Å². The zero-order valence-electron chi connectivity index (χ0n) is 22.9. The maximum atomic E-state index is 2.42. The molecule has 1 heteroatoms. The number of hydrogen-bond acceptors (Lipinski definition) is 1. The Hall–Kier alpha value is -4.36. The lowest BCUT2D eigenvalue weighted by molar-refractivity contribution is 0.685. The SMILES string of the molecule is Cc1ccc(N(c2ccc(C=C(c3ccccc3)c3ccccc3)cc2)c2ccc3c(c2)CCCC3)c(C)c1. The summed E-state index contributed by atoms with van der Waals surface area (Å²) in [5, 5.41) is 0. The molecule has 0 fully saturated rings. The molecule has 1 nitrogen and oxygen atoms in total. The number of fused-ring (bicyclic) bond motifs is 1. The molecule has 0 aromatic heterocycles. The van der Waals surface area contributed by atoms with Gasteiger partial charge in [-0.3, -0.25) is 0 Å². The lowest BCUT2D eigenvalue weighted by Crippen LogP contribution is -2.13. The molecule has 0 saturated carbocycles. The average Bonchev–Trinajstić information content (AvgIpc) is 2.99. The van der Waals surface area contributed by atoms with E-state index in [-0.39, 0.29) is 0 Å². The molecule has 0 aliphatic heterocycles. The molecule has 0 atom stereocenters. The van der Waals surface area contributed by atoms with Gasteiger partial charge in [0.15, 0.2) is 0 Å². The normalized spacial score (nSPS) is 12.5. The highest BCUT2D eigenvalue weighted by Gasteiger charge is 2.18. The van der Waals surface area contributed by atoms with E-state index >= 15 is 0 Å². The van der Waals surface area contributed by atoms with Crippen molar-refractivity contribution in [2.45, 2.75) is 39.5 Å². The van der Waals surface area contributed by atoms with Crippen LogP contribution in [0.4, 0.5) is 17.1 Å². The zero-order chi connectivity index (χ0) is 26.6. The van der Waals surface area contributed by atoms with E-state index in [2.05, 4.69) is 146 Å². The highest BCUT2D eigenvalue weighted by molar-refractivity contribution is 5.91. The van der Waals surface area contributed by atoms with Crippen molar-refractivity contribution in [2.24, 2.45) is 0 Å². The molecule has 0 bridgehead atoms. The molecular weight excluding hydrogens is 470 g/mol. The van der Waals surface area contributed by atoms with Crippen LogP contribution in [0, 0.1) is 13.8 Å². The van der Waals surface area contributed by atoms with Gasteiger partial charge in [0.25, 0.3) is 0 Å². The van der Waals surface area contributed by atoms with Crippen molar-refractivity contribution in [2.75, 3.05) is 4.90 Å². The Morgan fingerprint density at radius 2 is 1.21 bits per heavy atom. The van der Waals surface area contributed by atoms with Gasteiger partial charge in [0, 0.05) is 17.1 Å². The van der Waals surface area contributed by atoms with Crippen LogP contribution in [0.5, 0.6) is 0 Å². The Morgan fingerprint density at radius 1 is 0.590 bits per heavy atom. The van der Waals surface area contributed by atoms with Crippen LogP contribution in [0.3, 0.4) is 0 Å². The molecule has 39 heavy (non-hydrogen) atoms. The van der Waals surface area contributed by atoms with E-state index < -0.39 is 0 Å². The predicted octanol–water partition coefficient (Wildman–Crippen LogP) is 10.2. The maximum Gasteiger partial charge on any atom is 0.0490 e. The molecule has 0 saturated heterocycles. The quantitative estimate of drug-likeness (QED) is 0.207. The summed E-state index contributed by atoms with van der Waals surface area (Å²) >= 11 is 0. The van der Waals surface area contributed by atoms with Crippen LogP contribution in [0.15, 0.2) is 121 Å². The lowest BCUT2D eigenvalue weighted by atomic mass is 9.91. The molecule has 1 aliphatic rings. The van der Waals surface area contributed by atoms with Gasteiger partial charge in [-0.15, -0.1) is 0 Å². The summed E-state index contributed by atoms with van der Waals surface area (Å²) in [6.45, 7) is 4.38. The van der Waals surface area contributed by atoms with Crippen molar-refractivity contribution in [1.82, 2.24) is 0 Å². The summed E-state index contributed by atoms with van der Waals surface area (Å²) in [4.78, 5) is 2.42. The molecule has 0 unspecified atom stereocenters. The Morgan fingerprint density at radius 3 is 1.85 bits per heavy atom. The van der Waals surface area contributed by atoms with Crippen molar-refractivity contribution < 1.29 is 0 Å². The van der Waals surface area contributed by atoms with Gasteiger partial charge >= 0.3 is 0 Å². The van der Waals surface area contributed by atoms with E-state index in [1.807, 2.05) is 0 Å². The van der Waals surface area contributed by atoms with Gasteiger partial charge in [-0.1, -0.05) is 96.6 Å². The van der Waals surface area contributed by atoms with Crippen LogP contribution in [0.25, 0.3) is 11.6 Å². The number of nitrogens with zero attached hydrogens (tertiary/aromatic N) is 1. The van der Waals surface area contributed by atoms with Crippen molar-refractivity contribution in [1.29, 1.82) is 0 Å². The van der Waals surface area contributed by atoms with Crippen molar-refractivity contribution in [3.8, 4) is 0 Å². The average molecular weight is 506 g/mol. The van der Waals surface area contributed by atoms with E-state index in [1.165, 1.54) is 87.3 Å². The van der Waals surface area contributed by atoms with Crippen molar-refractivity contribution >= 4 is 28.7 Å². The van der Waals surface area contributed by atoms with E-state index in [0.29, 0.717) is 0 Å². The highest BCUT2D eigenvalue weighted by atomic mass is 15.1. The number of hydrogen-bond donors (Lipinski definition) is 0. The molecule has 0 spiro atoms. The van der Waals surface area contributed by atoms with Gasteiger partial charge in [0.1, 0.15) is 0 Å². The molecule has 5 aromatic carbocycles. The van der Waals surface area contributed by atoms with Gasteiger partial charge in [-0.25, -0.2) is 0 Å². The number of anilines is 3. The molecule has 192 valence electrons. The summed E-state index contributed by atoms with van der Waals surface area (Å²) in [5.41, 5.74) is 14.1. The Balaban J connectivity index is 1.42. The minimum atomic E-state index is 1.18. The molecule has 0 heterocycles. The molecule has 0 N–H and O–H groups in total. The minimum Gasteiger partial charge on any atom is -0.310 e. The number of benzene rings is 5. The molecular formula is C38H35N. The predicted molar refractivity (Wildman–Crippen MR) is 167 cm³/mol. The molecule has 0 radical (unpaired) electrons. The summed E-state index contributed by atoms with van der Waals surface area (Å²) in [7, 11) is 0. The van der Waals surface area contributed by atoms with Gasteiger partial charge in [-0.05, 0) is 115 Å². The van der Waals surface area contributed by atoms with Crippen LogP contribution < -0.4 is 4.90 Å². The summed E-state index contributed by atoms with van der Waals surface area (Å²) in [6, 6.07) is 44.2. The second kappa shape index (κ2) is 11.2. The first-order valence-corrected chi connectivity index (χ1v) is 14.1. The highest BCUT2D eigenvalue weighted by Crippen LogP contribution is 2.39. The molecule has 5 aromatic rings. The van der Waals surface area contributed by atoms with Crippen LogP contribution in [-0.4, -0.2) is 0 Å². The monoisotopic (exact) mass is 505 g/mol. The van der Waals surface area contributed by atoms with Gasteiger partial charge < -0.3 is 4.90 Å². The zero-order valence-corrected chi connectivity index (χ0v) is 22.9. The van der Waals surface area contributed by atoms with Gasteiger partial charge in [-0.2, -0.15) is 0 Å². The van der Waals surface area contributed by atoms with E-state index in [1.54, 1.807) is 0 Å². The first-order valence-electron chi connectivity index (χ1n) is 14.1. The topological polar surface area (TPSA) is 3.24 Å². The standard InChI is InChI=1S/C38H35N/c1-28-17-24-38(29(2)25-28)39(36-23-20-31-11-9-10-16-34(31)27-36)35-21-18-30(19-22-35)26-37(32-12-5-3-6-13-32)33-14-7-4-8-15-33/h3-8,12-15,17-27H,9-11,16H2,1-2H3. The Bertz CT molecular complexity index is 1550. The smallest absolute Gasteiger partial charge is 0.0490 e. The molecule has 0 amide bonds. The first kappa shape index (κ1) is 24.9. The lowest BCUT2D eigenvalue weighted by Gasteiger charge is -2.29. The van der Waals surface area contributed by atoms with E-state index in [4.69, 9.17) is 0 Å². The van der Waals surface area contributed by atoms with Crippen molar-refractivity contribution in [3.05, 3.63) is 160 Å². The van der Waals surface area contributed by atoms with Gasteiger partial charge in [0.2, 0.25) is 0 Å². The van der Waals surface area contributed by atoms with Crippen molar-refractivity contribution in [3.63, 3.8) is 0 Å². The number of rotatable bonds is 6. The van der Waals surface area contributed by atoms with Gasteiger partial charge in [0.05, 0.1) is 0 Å². The first-order chi connectivity index (χ1) is 19.2. The summed E-state index contributed by atoms with van der Waals surface area (Å²) < 4.78 is 0. The van der Waals surface area contributed by atoms with Crippen LogP contribution in [0.1, 0.15) is 51.8 Å². The minimum absolute atomic E-state index is 1.18. The number of aryl methyl sites for hydroxylation is 4. The fourth-order valence-electron chi connectivity index (χ4n) is 5.80. The Labute approximate surface area is 233 Å². The third-order valence-electron chi connectivity index (χ3n) is 7.82. The third-order valence-corrected chi connectivity index (χ3v) is 7.82. The van der Waals surface area contributed by atoms with E-state index in [0.717, 1.165) is 0 Å². The largest absolute Gasteiger partial charge is 0.310 e.